The fourth-order valence-corrected chi connectivity index (χ4v) is 4.40. The number of aromatic nitrogens is 8. The van der Waals surface area contributed by atoms with Gasteiger partial charge in [-0.2, -0.15) is 5.10 Å². The van der Waals surface area contributed by atoms with Crippen molar-refractivity contribution in [2.45, 2.75) is 0 Å². The molecule has 0 aliphatic rings. The lowest BCUT2D eigenvalue weighted by atomic mass is 10.2. The first-order chi connectivity index (χ1) is 14.8. The van der Waals surface area contributed by atoms with Crippen molar-refractivity contribution in [2.24, 2.45) is 0 Å². The molecule has 8 nitrogen and oxygen atoms in total. The van der Waals surface area contributed by atoms with Gasteiger partial charge >= 0.3 is 0 Å². The number of nitrogens with one attached hydrogen (secondary N) is 2. The normalized spacial score (nSPS) is 11.5. The van der Waals surface area contributed by atoms with E-state index in [4.69, 9.17) is 16.6 Å². The lowest BCUT2D eigenvalue weighted by Crippen LogP contribution is -1.89. The molecule has 0 saturated carbocycles. The van der Waals surface area contributed by atoms with Crippen molar-refractivity contribution in [2.75, 3.05) is 0 Å². The van der Waals surface area contributed by atoms with Gasteiger partial charge in [-0.05, 0) is 30.3 Å². The van der Waals surface area contributed by atoms with Crippen LogP contribution in [0.1, 0.15) is 0 Å². The van der Waals surface area contributed by atoms with Crippen LogP contribution in [0.4, 0.5) is 0 Å². The molecule has 6 heterocycles. The maximum Gasteiger partial charge on any atom is 0.178 e. The summed E-state index contributed by atoms with van der Waals surface area (Å²) in [7, 11) is 0. The lowest BCUT2D eigenvalue weighted by Gasteiger charge is -1.99. The Morgan fingerprint density at radius 3 is 2.70 bits per heavy atom. The van der Waals surface area contributed by atoms with Crippen LogP contribution in [0.3, 0.4) is 0 Å². The van der Waals surface area contributed by atoms with Crippen molar-refractivity contribution in [3.8, 4) is 33.3 Å². The fraction of sp³-hybridized carbons (Fsp3) is 0. The summed E-state index contributed by atoms with van der Waals surface area (Å²) in [6.07, 6.45) is 6.69. The molecule has 0 fully saturated rings. The summed E-state index contributed by atoms with van der Waals surface area (Å²) in [5.74, 6) is 0.586. The molecule has 6 aromatic heterocycles. The largest absolute Gasteiger partial charge is 0.335 e. The molecule has 0 aliphatic carbocycles. The zero-order chi connectivity index (χ0) is 20.1. The third-order valence-corrected chi connectivity index (χ3v) is 5.95. The molecule has 2 N–H and O–H groups in total. The number of aromatic amines is 2. The Bertz CT molecular complexity index is 1520. The van der Waals surface area contributed by atoms with Gasteiger partial charge in [0.05, 0.1) is 27.3 Å². The SMILES string of the molecule is Clc1ccc(-c2ccnc3nc(-c4n[nH]c5ccc(-c6cnccn6)nc45)[nH]c23)s1. The standard InChI is InChI=1S/C20H11ClN8S/c21-15-4-3-14(30-15)10-5-6-24-19-16(10)26-20(27-19)18-17-12(28-29-18)2-1-11(25-17)13-9-22-7-8-23-13/h1-9H,(H,28,29)(H,24,26,27). The van der Waals surface area contributed by atoms with Crippen LogP contribution >= 0.6 is 22.9 Å². The first-order valence-corrected chi connectivity index (χ1v) is 10.2. The van der Waals surface area contributed by atoms with Gasteiger partial charge in [-0.1, -0.05) is 11.6 Å². The molecular weight excluding hydrogens is 420 g/mol. The molecule has 0 atom stereocenters. The third-order valence-electron chi connectivity index (χ3n) is 4.69. The van der Waals surface area contributed by atoms with Crippen LogP contribution < -0.4 is 0 Å². The van der Waals surface area contributed by atoms with Gasteiger partial charge in [0, 0.05) is 29.0 Å². The Balaban J connectivity index is 1.52. The van der Waals surface area contributed by atoms with Crippen molar-refractivity contribution < 1.29 is 0 Å². The number of H-pyrrole nitrogens is 2. The Hall–Kier alpha value is -3.69. The van der Waals surface area contributed by atoms with Gasteiger partial charge in [0.15, 0.2) is 17.2 Å². The number of nitrogens with zero attached hydrogens (tertiary/aromatic N) is 6. The smallest absolute Gasteiger partial charge is 0.178 e. The number of halogens is 1. The first kappa shape index (κ1) is 17.2. The average Bonchev–Trinajstić information content (AvgIpc) is 3.51. The Morgan fingerprint density at radius 2 is 1.87 bits per heavy atom. The second-order valence-electron chi connectivity index (χ2n) is 6.50. The Kier molecular flexibility index (Phi) is 3.83. The lowest BCUT2D eigenvalue weighted by molar-refractivity contribution is 1.10. The highest BCUT2D eigenvalue weighted by Gasteiger charge is 2.18. The van der Waals surface area contributed by atoms with Crippen molar-refractivity contribution in [3.05, 3.63) is 59.5 Å². The Morgan fingerprint density at radius 1 is 0.900 bits per heavy atom. The molecule has 6 rings (SSSR count). The number of hydrogen-bond donors (Lipinski definition) is 2. The quantitative estimate of drug-likeness (QED) is 0.420. The highest BCUT2D eigenvalue weighted by Crippen LogP contribution is 2.35. The molecule has 0 saturated heterocycles. The minimum absolute atomic E-state index is 0.586. The fourth-order valence-electron chi connectivity index (χ4n) is 3.33. The summed E-state index contributed by atoms with van der Waals surface area (Å²) in [6, 6.07) is 9.61. The molecule has 0 spiro atoms. The minimum atomic E-state index is 0.586. The van der Waals surface area contributed by atoms with Crippen LogP contribution in [0.15, 0.2) is 55.1 Å². The van der Waals surface area contributed by atoms with Gasteiger partial charge in [-0.3, -0.25) is 15.1 Å². The third kappa shape index (κ3) is 2.75. The first-order valence-electron chi connectivity index (χ1n) is 8.98. The van der Waals surface area contributed by atoms with E-state index in [9.17, 15) is 0 Å². The average molecular weight is 431 g/mol. The van der Waals surface area contributed by atoms with Gasteiger partial charge in [0.1, 0.15) is 11.2 Å². The molecule has 0 aliphatic heterocycles. The highest BCUT2D eigenvalue weighted by atomic mass is 35.5. The van der Waals surface area contributed by atoms with Crippen LogP contribution in [-0.4, -0.2) is 40.1 Å². The van der Waals surface area contributed by atoms with Gasteiger partial charge < -0.3 is 4.98 Å². The van der Waals surface area contributed by atoms with E-state index in [2.05, 4.69) is 35.1 Å². The number of thiophene rings is 1. The van der Waals surface area contributed by atoms with Crippen LogP contribution in [0, 0.1) is 0 Å². The van der Waals surface area contributed by atoms with Crippen LogP contribution in [0.25, 0.3) is 55.5 Å². The number of pyridine rings is 2. The van der Waals surface area contributed by atoms with Crippen molar-refractivity contribution >= 4 is 45.1 Å². The van der Waals surface area contributed by atoms with Crippen LogP contribution in [0.2, 0.25) is 4.34 Å². The predicted molar refractivity (Wildman–Crippen MR) is 116 cm³/mol. The summed E-state index contributed by atoms with van der Waals surface area (Å²) >= 11 is 7.63. The molecule has 30 heavy (non-hydrogen) atoms. The second kappa shape index (κ2) is 6.68. The zero-order valence-electron chi connectivity index (χ0n) is 15.2. The van der Waals surface area contributed by atoms with Gasteiger partial charge in [-0.15, -0.1) is 11.3 Å². The van der Waals surface area contributed by atoms with E-state index in [1.54, 1.807) is 24.8 Å². The van der Waals surface area contributed by atoms with E-state index in [0.29, 0.717) is 34.1 Å². The van der Waals surface area contributed by atoms with E-state index in [0.717, 1.165) is 25.8 Å². The molecule has 0 amide bonds. The second-order valence-corrected chi connectivity index (χ2v) is 8.22. The van der Waals surface area contributed by atoms with Crippen molar-refractivity contribution in [1.82, 2.24) is 40.1 Å². The van der Waals surface area contributed by atoms with Gasteiger partial charge in [-0.25, -0.2) is 15.0 Å². The molecule has 6 aromatic rings. The molecule has 0 aromatic carbocycles. The molecule has 10 heteroatoms. The Labute approximate surface area is 178 Å². The van der Waals surface area contributed by atoms with Crippen molar-refractivity contribution in [1.29, 1.82) is 0 Å². The molecule has 0 unspecified atom stereocenters. The molecule has 0 bridgehead atoms. The summed E-state index contributed by atoms with van der Waals surface area (Å²) in [5.41, 5.74) is 5.93. The maximum atomic E-state index is 6.12. The van der Waals surface area contributed by atoms with Gasteiger partial charge in [0.25, 0.3) is 0 Å². The summed E-state index contributed by atoms with van der Waals surface area (Å²) < 4.78 is 0.730. The molecule has 0 radical (unpaired) electrons. The number of imidazole rings is 1. The minimum Gasteiger partial charge on any atom is -0.335 e. The van der Waals surface area contributed by atoms with E-state index >= 15 is 0 Å². The zero-order valence-corrected chi connectivity index (χ0v) is 16.7. The number of hydrogen-bond acceptors (Lipinski definition) is 7. The molecular formula is C20H11ClN8S. The monoisotopic (exact) mass is 430 g/mol. The van der Waals surface area contributed by atoms with Crippen molar-refractivity contribution in [3.63, 3.8) is 0 Å². The predicted octanol–water partition coefficient (Wildman–Crippen LogP) is 4.74. The molecule has 144 valence electrons. The number of rotatable bonds is 3. The van der Waals surface area contributed by atoms with E-state index in [1.807, 2.05) is 30.3 Å². The topological polar surface area (TPSA) is 109 Å². The van der Waals surface area contributed by atoms with E-state index in [-0.39, 0.29) is 0 Å². The van der Waals surface area contributed by atoms with Gasteiger partial charge in [0.2, 0.25) is 0 Å². The highest BCUT2D eigenvalue weighted by molar-refractivity contribution is 7.19. The van der Waals surface area contributed by atoms with E-state index in [1.165, 1.54) is 11.3 Å². The summed E-state index contributed by atoms with van der Waals surface area (Å²) in [5, 5.41) is 7.45. The summed E-state index contributed by atoms with van der Waals surface area (Å²) in [6.45, 7) is 0. The maximum absolute atomic E-state index is 6.12. The van der Waals surface area contributed by atoms with E-state index < -0.39 is 0 Å². The van der Waals surface area contributed by atoms with Crippen LogP contribution in [-0.2, 0) is 0 Å². The number of fused-ring (bicyclic) bond motifs is 2. The van der Waals surface area contributed by atoms with Crippen LogP contribution in [0.5, 0.6) is 0 Å². The summed E-state index contributed by atoms with van der Waals surface area (Å²) in [4.78, 5) is 26.6.